The van der Waals surface area contributed by atoms with E-state index in [2.05, 4.69) is 51.7 Å². The van der Waals surface area contributed by atoms with E-state index in [1.54, 1.807) is 12.4 Å². The Morgan fingerprint density at radius 3 is 2.50 bits per heavy atom. The highest BCUT2D eigenvalue weighted by atomic mass is 127. The Hall–Kier alpha value is -0.100. The maximum Gasteiger partial charge on any atom is 0.222 e. The molecule has 0 aromatic carbocycles. The number of nitrogens with one attached hydrogen (secondary N) is 1. The zero-order valence-corrected chi connectivity index (χ0v) is 11.1. The molecule has 0 aliphatic carbocycles. The summed E-state index contributed by atoms with van der Waals surface area (Å²) >= 11 is 8.25. The first-order chi connectivity index (χ1) is 6.59. The van der Waals surface area contributed by atoms with Gasteiger partial charge >= 0.3 is 0 Å². The maximum absolute atomic E-state index is 6.08. The Bertz CT molecular complexity index is 276. The molecule has 1 rings (SSSR count). The summed E-state index contributed by atoms with van der Waals surface area (Å²) in [6.07, 6.45) is 3.54. The van der Waals surface area contributed by atoms with E-state index in [0.717, 1.165) is 3.57 Å². The maximum atomic E-state index is 6.08. The third kappa shape index (κ3) is 3.96. The second-order valence-corrected chi connectivity index (χ2v) is 5.17. The first kappa shape index (κ1) is 12.0. The van der Waals surface area contributed by atoms with Gasteiger partial charge in [-0.15, -0.1) is 11.6 Å². The summed E-state index contributed by atoms with van der Waals surface area (Å²) in [6.45, 7) is 4.88. The number of hydrogen-bond acceptors (Lipinski definition) is 3. The Morgan fingerprint density at radius 1 is 1.43 bits per heavy atom. The van der Waals surface area contributed by atoms with Gasteiger partial charge in [-0.3, -0.25) is 0 Å². The van der Waals surface area contributed by atoms with Gasteiger partial charge in [0, 0.05) is 22.5 Å². The van der Waals surface area contributed by atoms with E-state index in [9.17, 15) is 0 Å². The minimum atomic E-state index is 0.109. The smallest absolute Gasteiger partial charge is 0.222 e. The van der Waals surface area contributed by atoms with Gasteiger partial charge in [0.2, 0.25) is 5.95 Å². The monoisotopic (exact) mass is 325 g/mol. The van der Waals surface area contributed by atoms with Gasteiger partial charge in [0.1, 0.15) is 0 Å². The molecular weight excluding hydrogens is 312 g/mol. The third-order valence-electron chi connectivity index (χ3n) is 1.80. The van der Waals surface area contributed by atoms with E-state index in [-0.39, 0.29) is 5.38 Å². The molecule has 1 heterocycles. The lowest BCUT2D eigenvalue weighted by atomic mass is 10.1. The van der Waals surface area contributed by atoms with E-state index < -0.39 is 0 Å². The second-order valence-electron chi connectivity index (χ2n) is 3.37. The number of aromatic nitrogens is 2. The quantitative estimate of drug-likeness (QED) is 0.683. The van der Waals surface area contributed by atoms with E-state index in [1.165, 1.54) is 0 Å². The van der Waals surface area contributed by atoms with Crippen LogP contribution in [0.5, 0.6) is 0 Å². The van der Waals surface area contributed by atoms with Crippen molar-refractivity contribution in [2.24, 2.45) is 5.92 Å². The Kier molecular flexibility index (Phi) is 4.88. The zero-order valence-electron chi connectivity index (χ0n) is 8.17. The summed E-state index contributed by atoms with van der Waals surface area (Å²) < 4.78 is 1.03. The third-order valence-corrected chi connectivity index (χ3v) is 3.01. The molecule has 1 unspecified atom stereocenters. The summed E-state index contributed by atoms with van der Waals surface area (Å²) in [4.78, 5) is 8.24. The molecule has 0 aliphatic heterocycles. The minimum Gasteiger partial charge on any atom is -0.353 e. The zero-order chi connectivity index (χ0) is 10.6. The number of anilines is 1. The highest BCUT2D eigenvalue weighted by Gasteiger charge is 2.09. The normalized spacial score (nSPS) is 12.9. The van der Waals surface area contributed by atoms with E-state index >= 15 is 0 Å². The Balaban J connectivity index is 2.42. The molecule has 78 valence electrons. The number of nitrogens with zero attached hydrogens (tertiary/aromatic N) is 2. The van der Waals surface area contributed by atoms with Gasteiger partial charge in [0.15, 0.2) is 0 Å². The Morgan fingerprint density at radius 2 is 2.00 bits per heavy atom. The molecule has 1 atom stereocenters. The Labute approximate surface area is 103 Å². The summed E-state index contributed by atoms with van der Waals surface area (Å²) in [7, 11) is 0. The van der Waals surface area contributed by atoms with Crippen LogP contribution in [0, 0.1) is 9.49 Å². The molecule has 1 aromatic rings. The van der Waals surface area contributed by atoms with Crippen LogP contribution in [0.4, 0.5) is 5.95 Å². The van der Waals surface area contributed by atoms with E-state index in [4.69, 9.17) is 11.6 Å². The molecule has 0 saturated carbocycles. The first-order valence-electron chi connectivity index (χ1n) is 4.45. The fraction of sp³-hybridized carbons (Fsp3) is 0.556. The molecule has 1 N–H and O–H groups in total. The molecule has 5 heteroatoms. The molecule has 0 saturated heterocycles. The van der Waals surface area contributed by atoms with Gasteiger partial charge in [0.05, 0.1) is 5.38 Å². The van der Waals surface area contributed by atoms with Crippen LogP contribution in [0.1, 0.15) is 13.8 Å². The molecule has 0 radical (unpaired) electrons. The molecule has 0 spiro atoms. The van der Waals surface area contributed by atoms with Gasteiger partial charge in [-0.25, -0.2) is 9.97 Å². The number of halogens is 2. The average Bonchev–Trinajstić information content (AvgIpc) is 2.16. The lowest BCUT2D eigenvalue weighted by Crippen LogP contribution is -2.20. The van der Waals surface area contributed by atoms with Gasteiger partial charge in [-0.05, 0) is 28.5 Å². The van der Waals surface area contributed by atoms with Gasteiger partial charge in [-0.1, -0.05) is 13.8 Å². The molecule has 3 nitrogen and oxygen atoms in total. The van der Waals surface area contributed by atoms with Crippen LogP contribution in [-0.2, 0) is 0 Å². The summed E-state index contributed by atoms with van der Waals surface area (Å²) in [5.41, 5.74) is 0. The molecule has 0 fully saturated rings. The standard InChI is InChI=1S/C9H13ClIN3/c1-6(2)8(10)5-14-9-12-3-7(11)4-13-9/h3-4,6,8H,5H2,1-2H3,(H,12,13,14). The highest BCUT2D eigenvalue weighted by molar-refractivity contribution is 14.1. The second kappa shape index (κ2) is 5.70. The molecule has 14 heavy (non-hydrogen) atoms. The van der Waals surface area contributed by atoms with Crippen molar-refractivity contribution in [3.05, 3.63) is 16.0 Å². The van der Waals surface area contributed by atoms with Crippen LogP contribution in [0.15, 0.2) is 12.4 Å². The number of rotatable bonds is 4. The minimum absolute atomic E-state index is 0.109. The number of alkyl halides is 1. The van der Waals surface area contributed by atoms with Crippen LogP contribution in [0.2, 0.25) is 0 Å². The van der Waals surface area contributed by atoms with Crippen LogP contribution in [0.3, 0.4) is 0 Å². The van der Waals surface area contributed by atoms with E-state index in [0.29, 0.717) is 18.4 Å². The predicted octanol–water partition coefficient (Wildman–Crippen LogP) is 2.76. The van der Waals surface area contributed by atoms with Gasteiger partial charge in [0.25, 0.3) is 0 Å². The van der Waals surface area contributed by atoms with Crippen molar-refractivity contribution in [1.82, 2.24) is 9.97 Å². The largest absolute Gasteiger partial charge is 0.353 e. The lowest BCUT2D eigenvalue weighted by molar-refractivity contribution is 0.615. The van der Waals surface area contributed by atoms with Crippen molar-refractivity contribution in [3.63, 3.8) is 0 Å². The van der Waals surface area contributed by atoms with Crippen LogP contribution >= 0.6 is 34.2 Å². The fourth-order valence-electron chi connectivity index (χ4n) is 0.828. The van der Waals surface area contributed by atoms with Gasteiger partial charge < -0.3 is 5.32 Å². The van der Waals surface area contributed by atoms with Crippen molar-refractivity contribution < 1.29 is 0 Å². The molecule has 0 bridgehead atoms. The van der Waals surface area contributed by atoms with Crippen molar-refractivity contribution in [3.8, 4) is 0 Å². The first-order valence-corrected chi connectivity index (χ1v) is 5.96. The number of hydrogen-bond donors (Lipinski definition) is 1. The van der Waals surface area contributed by atoms with Crippen LogP contribution in [0.25, 0.3) is 0 Å². The van der Waals surface area contributed by atoms with Crippen LogP contribution < -0.4 is 5.32 Å². The lowest BCUT2D eigenvalue weighted by Gasteiger charge is -2.13. The van der Waals surface area contributed by atoms with Crippen molar-refractivity contribution in [2.75, 3.05) is 11.9 Å². The fourth-order valence-corrected chi connectivity index (χ4v) is 1.18. The SMILES string of the molecule is CC(C)C(Cl)CNc1ncc(I)cn1. The summed E-state index contributed by atoms with van der Waals surface area (Å²) in [6, 6.07) is 0. The highest BCUT2D eigenvalue weighted by Crippen LogP contribution is 2.10. The molecule has 0 aliphatic rings. The predicted molar refractivity (Wildman–Crippen MR) is 67.7 cm³/mol. The summed E-state index contributed by atoms with van der Waals surface area (Å²) in [5, 5.41) is 3.20. The van der Waals surface area contributed by atoms with E-state index in [1.807, 2.05) is 0 Å². The molecular formula is C9H13ClIN3. The molecule has 1 aromatic heterocycles. The van der Waals surface area contributed by atoms with Crippen molar-refractivity contribution >= 4 is 40.1 Å². The topological polar surface area (TPSA) is 37.8 Å². The van der Waals surface area contributed by atoms with Crippen molar-refractivity contribution in [1.29, 1.82) is 0 Å². The average molecular weight is 326 g/mol. The van der Waals surface area contributed by atoms with Gasteiger partial charge in [-0.2, -0.15) is 0 Å². The van der Waals surface area contributed by atoms with Crippen LogP contribution in [-0.4, -0.2) is 21.9 Å². The van der Waals surface area contributed by atoms with Crippen molar-refractivity contribution in [2.45, 2.75) is 19.2 Å². The molecule has 0 amide bonds. The summed E-state index contributed by atoms with van der Waals surface area (Å²) in [5.74, 6) is 1.09.